The molecule has 19 heavy (non-hydrogen) atoms. The van der Waals surface area contributed by atoms with Gasteiger partial charge < -0.3 is 4.90 Å². The number of carbonyl (C=O) groups excluding carboxylic acids is 1. The number of hydrogen-bond donors (Lipinski definition) is 1. The highest BCUT2D eigenvalue weighted by Crippen LogP contribution is 2.32. The number of pyridine rings is 1. The summed E-state index contributed by atoms with van der Waals surface area (Å²) >= 11 is 2.01. The largest absolute Gasteiger partial charge is 0.325 e. The van der Waals surface area contributed by atoms with Crippen molar-refractivity contribution in [2.75, 3.05) is 18.1 Å². The van der Waals surface area contributed by atoms with Crippen LogP contribution in [-0.2, 0) is 0 Å². The summed E-state index contributed by atoms with van der Waals surface area (Å²) in [6.45, 7) is 2.19. The minimum Gasteiger partial charge on any atom is -0.325 e. The third-order valence-electron chi connectivity index (χ3n) is 3.53. The molecule has 1 aliphatic carbocycles. The molecular weight excluding hydrogens is 258 g/mol. The van der Waals surface area contributed by atoms with E-state index in [-0.39, 0.29) is 6.03 Å². The van der Waals surface area contributed by atoms with Gasteiger partial charge >= 0.3 is 6.03 Å². The number of nitrogens with zero attached hydrogens (tertiary/aromatic N) is 2. The Hall–Kier alpha value is -1.23. The third-order valence-corrected chi connectivity index (χ3v) is 4.76. The van der Waals surface area contributed by atoms with Gasteiger partial charge in [-0.15, -0.1) is 0 Å². The molecule has 1 heterocycles. The summed E-state index contributed by atoms with van der Waals surface area (Å²) in [7, 11) is 1.88. The second kappa shape index (κ2) is 6.80. The van der Waals surface area contributed by atoms with Crippen molar-refractivity contribution >= 4 is 23.6 Å². The monoisotopic (exact) mass is 279 g/mol. The second-order valence-corrected chi connectivity index (χ2v) is 6.38. The molecule has 1 saturated carbocycles. The van der Waals surface area contributed by atoms with E-state index in [2.05, 4.69) is 17.2 Å². The first-order chi connectivity index (χ1) is 9.20. The smallest absolute Gasteiger partial charge is 0.322 e. The Balaban J connectivity index is 1.86. The SMILES string of the molecule is CCS[C@@H]1CC[C@@H](N(C)C(=O)Nc2ccccn2)C1. The number of amides is 2. The highest BCUT2D eigenvalue weighted by atomic mass is 32.2. The van der Waals surface area contributed by atoms with Crippen molar-refractivity contribution in [3.63, 3.8) is 0 Å². The molecule has 0 spiro atoms. The van der Waals surface area contributed by atoms with Crippen LogP contribution in [-0.4, -0.2) is 40.0 Å². The molecule has 0 aliphatic heterocycles. The first kappa shape index (κ1) is 14.2. The summed E-state index contributed by atoms with van der Waals surface area (Å²) in [5.41, 5.74) is 0. The fourth-order valence-corrected chi connectivity index (χ4v) is 3.59. The van der Waals surface area contributed by atoms with Gasteiger partial charge in [-0.2, -0.15) is 11.8 Å². The van der Waals surface area contributed by atoms with Crippen LogP contribution in [0.3, 0.4) is 0 Å². The molecule has 1 aliphatic rings. The van der Waals surface area contributed by atoms with Crippen LogP contribution in [0.1, 0.15) is 26.2 Å². The standard InChI is InChI=1S/C14H21N3OS/c1-3-19-12-8-7-11(10-12)17(2)14(18)16-13-6-4-5-9-15-13/h4-6,9,11-12H,3,7-8,10H2,1-2H3,(H,15,16,18)/t11-,12-/m1/s1. The maximum atomic E-state index is 12.1. The molecule has 2 atom stereocenters. The van der Waals surface area contributed by atoms with Crippen LogP contribution < -0.4 is 5.32 Å². The zero-order valence-corrected chi connectivity index (χ0v) is 12.3. The average Bonchev–Trinajstić information content (AvgIpc) is 2.88. The summed E-state index contributed by atoms with van der Waals surface area (Å²) in [6, 6.07) is 5.80. The number of carbonyl (C=O) groups is 1. The Morgan fingerprint density at radius 1 is 1.53 bits per heavy atom. The minimum atomic E-state index is -0.0640. The Morgan fingerprint density at radius 2 is 2.37 bits per heavy atom. The van der Waals surface area contributed by atoms with Gasteiger partial charge in [-0.1, -0.05) is 13.0 Å². The first-order valence-corrected chi connectivity index (χ1v) is 7.82. The lowest BCUT2D eigenvalue weighted by Crippen LogP contribution is -2.38. The maximum Gasteiger partial charge on any atom is 0.322 e. The lowest BCUT2D eigenvalue weighted by molar-refractivity contribution is 0.205. The Labute approximate surface area is 119 Å². The van der Waals surface area contributed by atoms with Crippen LogP contribution in [0.2, 0.25) is 0 Å². The van der Waals surface area contributed by atoms with Gasteiger partial charge in [0.05, 0.1) is 0 Å². The fraction of sp³-hybridized carbons (Fsp3) is 0.571. The van der Waals surface area contributed by atoms with Gasteiger partial charge in [0.2, 0.25) is 0 Å². The first-order valence-electron chi connectivity index (χ1n) is 6.77. The van der Waals surface area contributed by atoms with Crippen LogP contribution in [0, 0.1) is 0 Å². The van der Waals surface area contributed by atoms with Gasteiger partial charge in [-0.25, -0.2) is 9.78 Å². The van der Waals surface area contributed by atoms with E-state index in [0.717, 1.165) is 18.6 Å². The fourth-order valence-electron chi connectivity index (χ4n) is 2.46. The van der Waals surface area contributed by atoms with E-state index in [0.29, 0.717) is 17.1 Å². The molecule has 2 rings (SSSR count). The van der Waals surface area contributed by atoms with E-state index in [4.69, 9.17) is 0 Å². The molecule has 0 radical (unpaired) electrons. The topological polar surface area (TPSA) is 45.2 Å². The Kier molecular flexibility index (Phi) is 5.07. The van der Waals surface area contributed by atoms with E-state index in [1.165, 1.54) is 6.42 Å². The van der Waals surface area contributed by atoms with Gasteiger partial charge in [0.25, 0.3) is 0 Å². The number of aromatic nitrogens is 1. The lowest BCUT2D eigenvalue weighted by Gasteiger charge is -2.24. The molecule has 0 aromatic carbocycles. The van der Waals surface area contributed by atoms with Gasteiger partial charge in [0.15, 0.2) is 0 Å². The number of rotatable bonds is 4. The predicted molar refractivity (Wildman–Crippen MR) is 80.6 cm³/mol. The van der Waals surface area contributed by atoms with Crippen LogP contribution in [0.5, 0.6) is 0 Å². The summed E-state index contributed by atoms with van der Waals surface area (Å²) in [5, 5.41) is 3.54. The molecule has 0 bridgehead atoms. The molecule has 0 saturated heterocycles. The average molecular weight is 279 g/mol. The quantitative estimate of drug-likeness (QED) is 0.920. The molecular formula is C14H21N3OS. The number of anilines is 1. The second-order valence-electron chi connectivity index (χ2n) is 4.80. The Morgan fingerprint density at radius 3 is 3.05 bits per heavy atom. The molecule has 1 aromatic heterocycles. The van der Waals surface area contributed by atoms with Crippen molar-refractivity contribution in [1.29, 1.82) is 0 Å². The van der Waals surface area contributed by atoms with Crippen LogP contribution >= 0.6 is 11.8 Å². The molecule has 1 fully saturated rings. The van der Waals surface area contributed by atoms with E-state index < -0.39 is 0 Å². The van der Waals surface area contributed by atoms with Crippen molar-refractivity contribution in [3.8, 4) is 0 Å². The van der Waals surface area contributed by atoms with E-state index in [1.807, 2.05) is 35.8 Å². The summed E-state index contributed by atoms with van der Waals surface area (Å²) < 4.78 is 0. The minimum absolute atomic E-state index is 0.0640. The van der Waals surface area contributed by atoms with Gasteiger partial charge in [0.1, 0.15) is 5.82 Å². The van der Waals surface area contributed by atoms with Crippen LogP contribution in [0.4, 0.5) is 10.6 Å². The van der Waals surface area contributed by atoms with Gasteiger partial charge in [-0.05, 0) is 37.1 Å². The van der Waals surface area contributed by atoms with Crippen molar-refractivity contribution in [1.82, 2.24) is 9.88 Å². The summed E-state index contributed by atoms with van der Waals surface area (Å²) in [5.74, 6) is 1.76. The van der Waals surface area contributed by atoms with Crippen LogP contribution in [0.25, 0.3) is 0 Å². The molecule has 1 N–H and O–H groups in total. The van der Waals surface area contributed by atoms with Crippen molar-refractivity contribution in [3.05, 3.63) is 24.4 Å². The Bertz CT molecular complexity index is 412. The zero-order chi connectivity index (χ0) is 13.7. The van der Waals surface area contributed by atoms with Gasteiger partial charge in [0, 0.05) is 24.5 Å². The maximum absolute atomic E-state index is 12.1. The molecule has 1 aromatic rings. The summed E-state index contributed by atoms with van der Waals surface area (Å²) in [4.78, 5) is 18.1. The van der Waals surface area contributed by atoms with Crippen molar-refractivity contribution < 1.29 is 4.79 Å². The lowest BCUT2D eigenvalue weighted by atomic mass is 10.2. The van der Waals surface area contributed by atoms with E-state index in [9.17, 15) is 4.79 Å². The highest BCUT2D eigenvalue weighted by Gasteiger charge is 2.29. The molecule has 5 heteroatoms. The summed E-state index contributed by atoms with van der Waals surface area (Å²) in [6.07, 6.45) is 5.10. The number of urea groups is 1. The van der Waals surface area contributed by atoms with Crippen molar-refractivity contribution in [2.45, 2.75) is 37.5 Å². The van der Waals surface area contributed by atoms with Gasteiger partial charge in [-0.3, -0.25) is 5.32 Å². The molecule has 104 valence electrons. The van der Waals surface area contributed by atoms with E-state index in [1.54, 1.807) is 12.3 Å². The van der Waals surface area contributed by atoms with E-state index >= 15 is 0 Å². The third kappa shape index (κ3) is 3.86. The molecule has 0 unspecified atom stereocenters. The predicted octanol–water partition coefficient (Wildman–Crippen LogP) is 3.22. The number of hydrogen-bond acceptors (Lipinski definition) is 3. The van der Waals surface area contributed by atoms with Crippen molar-refractivity contribution in [2.24, 2.45) is 0 Å². The highest BCUT2D eigenvalue weighted by molar-refractivity contribution is 7.99. The van der Waals surface area contributed by atoms with Crippen LogP contribution in [0.15, 0.2) is 24.4 Å². The zero-order valence-electron chi connectivity index (χ0n) is 11.5. The molecule has 2 amide bonds. The number of thioether (sulfide) groups is 1. The number of nitrogens with one attached hydrogen (secondary N) is 1. The normalized spacial score (nSPS) is 22.2. The molecule has 4 nitrogen and oxygen atoms in total.